The molecule has 0 spiro atoms. The van der Waals surface area contributed by atoms with E-state index < -0.39 is 0 Å². The SMILES string of the molecule is C#CCc1cnc2nc(N)nc(N)c2n1. The van der Waals surface area contributed by atoms with E-state index in [0.717, 1.165) is 0 Å². The number of nitrogens with two attached hydrogens (primary N) is 2. The van der Waals surface area contributed by atoms with Gasteiger partial charge in [-0.2, -0.15) is 9.97 Å². The quantitative estimate of drug-likeness (QED) is 0.616. The molecule has 2 aromatic rings. The third-order valence-corrected chi connectivity index (χ3v) is 1.78. The highest BCUT2D eigenvalue weighted by atomic mass is 15.1. The van der Waals surface area contributed by atoms with Gasteiger partial charge in [0, 0.05) is 0 Å². The summed E-state index contributed by atoms with van der Waals surface area (Å²) in [5, 5.41) is 0. The van der Waals surface area contributed by atoms with Crippen molar-refractivity contribution in [1.29, 1.82) is 0 Å². The Morgan fingerprint density at radius 3 is 2.80 bits per heavy atom. The molecule has 6 nitrogen and oxygen atoms in total. The number of rotatable bonds is 1. The molecular formula is C9H8N6. The smallest absolute Gasteiger partial charge is 0.224 e. The van der Waals surface area contributed by atoms with Crippen LogP contribution in [-0.2, 0) is 6.42 Å². The Bertz CT molecular complexity index is 556. The number of nitrogen functional groups attached to an aromatic ring is 2. The van der Waals surface area contributed by atoms with Crippen LogP contribution in [0.2, 0.25) is 0 Å². The minimum atomic E-state index is 0.0824. The molecule has 0 atom stereocenters. The molecule has 74 valence electrons. The average Bonchev–Trinajstić information content (AvgIpc) is 2.19. The Morgan fingerprint density at radius 2 is 2.07 bits per heavy atom. The molecule has 2 rings (SSSR count). The fourth-order valence-corrected chi connectivity index (χ4v) is 1.17. The van der Waals surface area contributed by atoms with Crippen molar-refractivity contribution in [2.75, 3.05) is 11.5 Å². The van der Waals surface area contributed by atoms with Crippen LogP contribution in [-0.4, -0.2) is 19.9 Å². The Labute approximate surface area is 85.8 Å². The van der Waals surface area contributed by atoms with Crippen LogP contribution < -0.4 is 11.5 Å². The first-order chi connectivity index (χ1) is 7.20. The fraction of sp³-hybridized carbons (Fsp3) is 0.111. The predicted molar refractivity (Wildman–Crippen MR) is 56.5 cm³/mol. The summed E-state index contributed by atoms with van der Waals surface area (Å²) in [6.07, 6.45) is 7.11. The molecule has 0 amide bonds. The monoisotopic (exact) mass is 200 g/mol. The molecule has 0 unspecified atom stereocenters. The number of hydrogen-bond acceptors (Lipinski definition) is 6. The summed E-state index contributed by atoms with van der Waals surface area (Å²) in [5.74, 6) is 2.77. The number of aromatic nitrogens is 4. The molecule has 0 aliphatic rings. The van der Waals surface area contributed by atoms with Gasteiger partial charge >= 0.3 is 0 Å². The number of anilines is 2. The van der Waals surface area contributed by atoms with E-state index in [1.807, 2.05) is 0 Å². The zero-order valence-electron chi connectivity index (χ0n) is 7.81. The van der Waals surface area contributed by atoms with Gasteiger partial charge in [0.25, 0.3) is 0 Å². The van der Waals surface area contributed by atoms with E-state index in [0.29, 0.717) is 23.3 Å². The van der Waals surface area contributed by atoms with E-state index in [1.165, 1.54) is 0 Å². The molecule has 15 heavy (non-hydrogen) atoms. The van der Waals surface area contributed by atoms with E-state index in [-0.39, 0.29) is 11.8 Å². The second-order valence-electron chi connectivity index (χ2n) is 2.88. The molecule has 0 saturated heterocycles. The van der Waals surface area contributed by atoms with Crippen LogP contribution in [0.25, 0.3) is 11.2 Å². The first kappa shape index (κ1) is 9.15. The topological polar surface area (TPSA) is 104 Å². The maximum absolute atomic E-state index is 5.64. The van der Waals surface area contributed by atoms with Gasteiger partial charge in [-0.3, -0.25) is 0 Å². The zero-order chi connectivity index (χ0) is 10.8. The van der Waals surface area contributed by atoms with E-state index in [2.05, 4.69) is 25.9 Å². The van der Waals surface area contributed by atoms with Crippen molar-refractivity contribution in [3.63, 3.8) is 0 Å². The van der Waals surface area contributed by atoms with E-state index in [1.54, 1.807) is 6.20 Å². The number of fused-ring (bicyclic) bond motifs is 1. The summed E-state index contributed by atoms with van der Waals surface area (Å²) in [6.45, 7) is 0. The lowest BCUT2D eigenvalue weighted by atomic mass is 10.3. The van der Waals surface area contributed by atoms with Crippen LogP contribution >= 0.6 is 0 Å². The van der Waals surface area contributed by atoms with Crippen molar-refractivity contribution in [3.05, 3.63) is 11.9 Å². The summed E-state index contributed by atoms with van der Waals surface area (Å²) in [5.41, 5.74) is 12.5. The third kappa shape index (κ3) is 1.62. The van der Waals surface area contributed by atoms with Crippen LogP contribution in [0, 0.1) is 12.3 Å². The molecule has 0 fully saturated rings. The van der Waals surface area contributed by atoms with E-state index >= 15 is 0 Å². The lowest BCUT2D eigenvalue weighted by molar-refractivity contribution is 1.09. The highest BCUT2D eigenvalue weighted by Crippen LogP contribution is 2.14. The number of nitrogens with zero attached hydrogens (tertiary/aromatic N) is 4. The van der Waals surface area contributed by atoms with Gasteiger partial charge in [-0.15, -0.1) is 12.3 Å². The number of terminal acetylenes is 1. The molecule has 0 radical (unpaired) electrons. The standard InChI is InChI=1S/C9H8N6/c1-2-3-5-4-12-8-6(13-5)7(10)14-9(11)15-8/h1,4H,3H2,(H4,10,11,12,14,15). The second-order valence-corrected chi connectivity index (χ2v) is 2.88. The first-order valence-corrected chi connectivity index (χ1v) is 4.19. The molecule has 6 heteroatoms. The van der Waals surface area contributed by atoms with Gasteiger partial charge in [0.2, 0.25) is 5.95 Å². The summed E-state index contributed by atoms with van der Waals surface area (Å²) in [7, 11) is 0. The summed E-state index contributed by atoms with van der Waals surface area (Å²) >= 11 is 0. The average molecular weight is 200 g/mol. The first-order valence-electron chi connectivity index (χ1n) is 4.19. The van der Waals surface area contributed by atoms with Gasteiger partial charge in [0.15, 0.2) is 17.0 Å². The van der Waals surface area contributed by atoms with Crippen molar-refractivity contribution >= 4 is 22.9 Å². The highest BCUT2D eigenvalue weighted by Gasteiger charge is 2.06. The lowest BCUT2D eigenvalue weighted by Gasteiger charge is -2.01. The van der Waals surface area contributed by atoms with Crippen LogP contribution in [0.5, 0.6) is 0 Å². The largest absolute Gasteiger partial charge is 0.382 e. The molecule has 0 saturated carbocycles. The van der Waals surface area contributed by atoms with Gasteiger partial charge < -0.3 is 11.5 Å². The maximum atomic E-state index is 5.64. The molecule has 0 bridgehead atoms. The molecule has 4 N–H and O–H groups in total. The summed E-state index contributed by atoms with van der Waals surface area (Å²) < 4.78 is 0. The Morgan fingerprint density at radius 1 is 1.27 bits per heavy atom. The van der Waals surface area contributed by atoms with Gasteiger partial charge in [-0.1, -0.05) is 0 Å². The summed E-state index contributed by atoms with van der Waals surface area (Å²) in [4.78, 5) is 15.9. The summed E-state index contributed by atoms with van der Waals surface area (Å²) in [6, 6.07) is 0. The molecule has 0 aliphatic heterocycles. The molecule has 2 heterocycles. The molecule has 0 aromatic carbocycles. The minimum absolute atomic E-state index is 0.0824. The van der Waals surface area contributed by atoms with Crippen molar-refractivity contribution in [3.8, 4) is 12.3 Å². The zero-order valence-corrected chi connectivity index (χ0v) is 7.81. The van der Waals surface area contributed by atoms with Crippen molar-refractivity contribution in [1.82, 2.24) is 19.9 Å². The predicted octanol–water partition coefficient (Wildman–Crippen LogP) is -0.240. The lowest BCUT2D eigenvalue weighted by Crippen LogP contribution is -2.04. The second kappa shape index (κ2) is 3.38. The van der Waals surface area contributed by atoms with E-state index in [4.69, 9.17) is 17.9 Å². The van der Waals surface area contributed by atoms with Crippen LogP contribution in [0.4, 0.5) is 11.8 Å². The van der Waals surface area contributed by atoms with Crippen LogP contribution in [0.3, 0.4) is 0 Å². The van der Waals surface area contributed by atoms with Crippen molar-refractivity contribution in [2.45, 2.75) is 6.42 Å². The van der Waals surface area contributed by atoms with Crippen LogP contribution in [0.1, 0.15) is 5.69 Å². The van der Waals surface area contributed by atoms with Crippen LogP contribution in [0.15, 0.2) is 6.20 Å². The molecule has 2 aromatic heterocycles. The Hall–Kier alpha value is -2.42. The third-order valence-electron chi connectivity index (χ3n) is 1.78. The molecular weight excluding hydrogens is 192 g/mol. The van der Waals surface area contributed by atoms with E-state index in [9.17, 15) is 0 Å². The highest BCUT2D eigenvalue weighted by molar-refractivity contribution is 5.81. The van der Waals surface area contributed by atoms with Gasteiger partial charge in [-0.05, 0) is 0 Å². The number of hydrogen-bond donors (Lipinski definition) is 2. The normalized spacial score (nSPS) is 10.1. The molecule has 0 aliphatic carbocycles. The van der Waals surface area contributed by atoms with Crippen molar-refractivity contribution < 1.29 is 0 Å². The Kier molecular flexibility index (Phi) is 2.06. The van der Waals surface area contributed by atoms with Gasteiger partial charge in [0.05, 0.1) is 18.3 Å². The van der Waals surface area contributed by atoms with Gasteiger partial charge in [0.1, 0.15) is 0 Å². The maximum Gasteiger partial charge on any atom is 0.224 e. The van der Waals surface area contributed by atoms with Crippen molar-refractivity contribution in [2.24, 2.45) is 0 Å². The van der Waals surface area contributed by atoms with Gasteiger partial charge in [-0.25, -0.2) is 9.97 Å². The Balaban J connectivity index is 2.67. The minimum Gasteiger partial charge on any atom is -0.382 e. The fourth-order valence-electron chi connectivity index (χ4n) is 1.17.